The Morgan fingerprint density at radius 3 is 2.75 bits per heavy atom. The first-order chi connectivity index (χ1) is 9.81. The Morgan fingerprint density at radius 1 is 1.15 bits per heavy atom. The normalized spacial score (nSPS) is 16.2. The summed E-state index contributed by atoms with van der Waals surface area (Å²) in [5, 5.41) is 0. The quantitative estimate of drug-likeness (QED) is 0.859. The largest absolute Gasteiger partial charge is 0.379 e. The van der Waals surface area contributed by atoms with Crippen LogP contribution in [0.2, 0.25) is 0 Å². The van der Waals surface area contributed by atoms with Crippen LogP contribution in [0.25, 0.3) is 11.3 Å². The van der Waals surface area contributed by atoms with Crippen molar-refractivity contribution in [3.8, 4) is 11.3 Å². The monoisotopic (exact) mass is 272 g/mol. The predicted molar refractivity (Wildman–Crippen MR) is 75.7 cm³/mol. The standard InChI is InChI=1S/C16H17FN2O/c17-15-4-5-16(18-11-15)14-3-1-2-13(10-14)12-19-6-8-20-9-7-19/h1-5,10-11H,6-9,12H2. The summed E-state index contributed by atoms with van der Waals surface area (Å²) in [5.74, 6) is -0.307. The van der Waals surface area contributed by atoms with E-state index in [1.807, 2.05) is 12.1 Å². The molecular weight excluding hydrogens is 255 g/mol. The fraction of sp³-hybridized carbons (Fsp3) is 0.312. The minimum Gasteiger partial charge on any atom is -0.379 e. The molecule has 0 bridgehead atoms. The van der Waals surface area contributed by atoms with E-state index in [1.54, 1.807) is 6.07 Å². The van der Waals surface area contributed by atoms with Crippen LogP contribution in [-0.4, -0.2) is 36.2 Å². The molecule has 0 amide bonds. The Balaban J connectivity index is 1.76. The van der Waals surface area contributed by atoms with Crippen LogP contribution in [0.3, 0.4) is 0 Å². The number of aromatic nitrogens is 1. The topological polar surface area (TPSA) is 25.4 Å². The zero-order chi connectivity index (χ0) is 13.8. The third-order valence-electron chi connectivity index (χ3n) is 3.46. The third-order valence-corrected chi connectivity index (χ3v) is 3.46. The highest BCUT2D eigenvalue weighted by Gasteiger charge is 2.11. The Labute approximate surface area is 118 Å². The maximum absolute atomic E-state index is 12.9. The van der Waals surface area contributed by atoms with Crippen molar-refractivity contribution in [1.82, 2.24) is 9.88 Å². The number of ether oxygens (including phenoxy) is 1. The molecule has 1 aliphatic rings. The van der Waals surface area contributed by atoms with Crippen molar-refractivity contribution in [2.45, 2.75) is 6.54 Å². The van der Waals surface area contributed by atoms with E-state index < -0.39 is 0 Å². The average molecular weight is 272 g/mol. The summed E-state index contributed by atoms with van der Waals surface area (Å²) in [5.41, 5.74) is 3.07. The fourth-order valence-corrected chi connectivity index (χ4v) is 2.39. The summed E-state index contributed by atoms with van der Waals surface area (Å²) in [4.78, 5) is 6.50. The van der Waals surface area contributed by atoms with Gasteiger partial charge in [0.15, 0.2) is 0 Å². The van der Waals surface area contributed by atoms with E-state index in [4.69, 9.17) is 4.74 Å². The summed E-state index contributed by atoms with van der Waals surface area (Å²) in [6.45, 7) is 4.47. The summed E-state index contributed by atoms with van der Waals surface area (Å²) >= 11 is 0. The number of halogens is 1. The summed E-state index contributed by atoms with van der Waals surface area (Å²) < 4.78 is 18.3. The zero-order valence-electron chi connectivity index (χ0n) is 11.3. The first kappa shape index (κ1) is 13.2. The van der Waals surface area contributed by atoms with E-state index >= 15 is 0 Å². The number of hydrogen-bond acceptors (Lipinski definition) is 3. The van der Waals surface area contributed by atoms with Gasteiger partial charge in [0.1, 0.15) is 5.82 Å². The van der Waals surface area contributed by atoms with Crippen molar-refractivity contribution in [3.63, 3.8) is 0 Å². The molecule has 104 valence electrons. The van der Waals surface area contributed by atoms with Gasteiger partial charge in [-0.3, -0.25) is 9.88 Å². The zero-order valence-corrected chi connectivity index (χ0v) is 11.3. The van der Waals surface area contributed by atoms with Gasteiger partial charge in [-0.15, -0.1) is 0 Å². The Morgan fingerprint density at radius 2 is 2.00 bits per heavy atom. The number of pyridine rings is 1. The van der Waals surface area contributed by atoms with E-state index in [2.05, 4.69) is 22.0 Å². The average Bonchev–Trinajstić information content (AvgIpc) is 2.49. The van der Waals surface area contributed by atoms with Crippen molar-refractivity contribution in [2.24, 2.45) is 0 Å². The second-order valence-electron chi connectivity index (χ2n) is 4.95. The number of benzene rings is 1. The molecule has 0 radical (unpaired) electrons. The third kappa shape index (κ3) is 3.21. The van der Waals surface area contributed by atoms with E-state index in [9.17, 15) is 4.39 Å². The molecule has 0 N–H and O–H groups in total. The lowest BCUT2D eigenvalue weighted by Gasteiger charge is -2.26. The predicted octanol–water partition coefficient (Wildman–Crippen LogP) is 2.72. The lowest BCUT2D eigenvalue weighted by Crippen LogP contribution is -2.35. The lowest BCUT2D eigenvalue weighted by molar-refractivity contribution is 0.0342. The number of morpholine rings is 1. The van der Waals surface area contributed by atoms with Crippen LogP contribution in [0.4, 0.5) is 4.39 Å². The van der Waals surface area contributed by atoms with Crippen molar-refractivity contribution < 1.29 is 9.13 Å². The van der Waals surface area contributed by atoms with E-state index in [-0.39, 0.29) is 5.82 Å². The van der Waals surface area contributed by atoms with Crippen LogP contribution < -0.4 is 0 Å². The Bertz CT molecular complexity index is 565. The van der Waals surface area contributed by atoms with Crippen molar-refractivity contribution in [1.29, 1.82) is 0 Å². The minimum absolute atomic E-state index is 0.307. The van der Waals surface area contributed by atoms with E-state index in [0.29, 0.717) is 0 Å². The number of nitrogens with zero attached hydrogens (tertiary/aromatic N) is 2. The first-order valence-electron chi connectivity index (χ1n) is 6.82. The van der Waals surface area contributed by atoms with Crippen molar-refractivity contribution in [3.05, 3.63) is 54.0 Å². The molecule has 2 aromatic rings. The van der Waals surface area contributed by atoms with Gasteiger partial charge in [-0.1, -0.05) is 18.2 Å². The van der Waals surface area contributed by atoms with Crippen LogP contribution in [0.15, 0.2) is 42.6 Å². The molecule has 0 saturated carbocycles. The van der Waals surface area contributed by atoms with Gasteiger partial charge in [0.25, 0.3) is 0 Å². The van der Waals surface area contributed by atoms with Gasteiger partial charge in [0.2, 0.25) is 0 Å². The smallest absolute Gasteiger partial charge is 0.141 e. The first-order valence-corrected chi connectivity index (χ1v) is 6.82. The summed E-state index contributed by atoms with van der Waals surface area (Å²) in [6.07, 6.45) is 1.25. The van der Waals surface area contributed by atoms with E-state index in [0.717, 1.165) is 44.1 Å². The molecule has 0 atom stereocenters. The summed E-state index contributed by atoms with van der Waals surface area (Å²) in [6, 6.07) is 11.4. The molecule has 1 aliphatic heterocycles. The molecular formula is C16H17FN2O. The molecule has 20 heavy (non-hydrogen) atoms. The highest BCUT2D eigenvalue weighted by Crippen LogP contribution is 2.19. The van der Waals surface area contributed by atoms with Gasteiger partial charge in [0, 0.05) is 25.2 Å². The second kappa shape index (κ2) is 6.11. The minimum atomic E-state index is -0.307. The lowest BCUT2D eigenvalue weighted by atomic mass is 10.1. The molecule has 1 saturated heterocycles. The van der Waals surface area contributed by atoms with Crippen LogP contribution in [0.1, 0.15) is 5.56 Å². The van der Waals surface area contributed by atoms with Crippen LogP contribution in [0, 0.1) is 5.82 Å². The van der Waals surface area contributed by atoms with Gasteiger partial charge in [-0.05, 0) is 23.8 Å². The molecule has 3 rings (SSSR count). The Hall–Kier alpha value is -1.78. The maximum atomic E-state index is 12.9. The molecule has 0 aliphatic carbocycles. The van der Waals surface area contributed by atoms with Crippen LogP contribution >= 0.6 is 0 Å². The molecule has 1 fully saturated rings. The molecule has 4 heteroatoms. The van der Waals surface area contributed by atoms with Gasteiger partial charge in [-0.2, -0.15) is 0 Å². The number of rotatable bonds is 3. The molecule has 1 aromatic heterocycles. The second-order valence-corrected chi connectivity index (χ2v) is 4.95. The van der Waals surface area contributed by atoms with Crippen molar-refractivity contribution >= 4 is 0 Å². The highest BCUT2D eigenvalue weighted by atomic mass is 19.1. The van der Waals surface area contributed by atoms with Crippen LogP contribution in [0.5, 0.6) is 0 Å². The van der Waals surface area contributed by atoms with Gasteiger partial charge < -0.3 is 4.74 Å². The van der Waals surface area contributed by atoms with Crippen molar-refractivity contribution in [2.75, 3.05) is 26.3 Å². The van der Waals surface area contributed by atoms with E-state index in [1.165, 1.54) is 17.8 Å². The van der Waals surface area contributed by atoms with Gasteiger partial charge in [0.05, 0.1) is 25.1 Å². The maximum Gasteiger partial charge on any atom is 0.141 e. The fourth-order valence-electron chi connectivity index (χ4n) is 2.39. The highest BCUT2D eigenvalue weighted by molar-refractivity contribution is 5.59. The molecule has 0 spiro atoms. The number of hydrogen-bond donors (Lipinski definition) is 0. The Kier molecular flexibility index (Phi) is 4.04. The molecule has 0 unspecified atom stereocenters. The summed E-state index contributed by atoms with van der Waals surface area (Å²) in [7, 11) is 0. The van der Waals surface area contributed by atoms with Crippen LogP contribution in [-0.2, 0) is 11.3 Å². The van der Waals surface area contributed by atoms with Gasteiger partial charge >= 0.3 is 0 Å². The molecule has 2 heterocycles. The van der Waals surface area contributed by atoms with Gasteiger partial charge in [-0.25, -0.2) is 4.39 Å². The molecule has 1 aromatic carbocycles. The SMILES string of the molecule is Fc1ccc(-c2cccc(CN3CCOCC3)c2)nc1. The molecule has 3 nitrogen and oxygen atoms in total.